The molecule has 0 aliphatic carbocycles. The summed E-state index contributed by atoms with van der Waals surface area (Å²) in [5, 5.41) is 10.0. The van der Waals surface area contributed by atoms with E-state index in [2.05, 4.69) is 0 Å². The van der Waals surface area contributed by atoms with Gasteiger partial charge >= 0.3 is 0 Å². The Labute approximate surface area is 112 Å². The molecule has 0 bridgehead atoms. The molecule has 1 amide bonds. The van der Waals surface area contributed by atoms with Crippen molar-refractivity contribution in [3.05, 3.63) is 40.9 Å². The molecular formula is C14H16ClNO2. The summed E-state index contributed by atoms with van der Waals surface area (Å²) < 4.78 is 0. The van der Waals surface area contributed by atoms with Crippen molar-refractivity contribution in [1.29, 1.82) is 0 Å². The molecular weight excluding hydrogens is 250 g/mol. The van der Waals surface area contributed by atoms with Gasteiger partial charge in [-0.15, -0.1) is 0 Å². The fourth-order valence-corrected chi connectivity index (χ4v) is 2.17. The van der Waals surface area contributed by atoms with Crippen LogP contribution in [-0.2, 0) is 4.79 Å². The van der Waals surface area contributed by atoms with Crippen LogP contribution >= 0.6 is 11.6 Å². The second-order valence-corrected chi connectivity index (χ2v) is 4.88. The van der Waals surface area contributed by atoms with Gasteiger partial charge in [0.1, 0.15) is 0 Å². The van der Waals surface area contributed by atoms with Gasteiger partial charge in [0, 0.05) is 24.2 Å². The number of carbonyl (C=O) groups is 1. The lowest BCUT2D eigenvalue weighted by Crippen LogP contribution is -2.39. The van der Waals surface area contributed by atoms with Crippen LogP contribution in [0.4, 0.5) is 0 Å². The van der Waals surface area contributed by atoms with Crippen LogP contribution in [0.25, 0.3) is 6.08 Å². The van der Waals surface area contributed by atoms with Crippen LogP contribution in [-0.4, -0.2) is 35.1 Å². The average Bonchev–Trinajstić information content (AvgIpc) is 2.37. The van der Waals surface area contributed by atoms with E-state index in [-0.39, 0.29) is 12.0 Å². The van der Waals surface area contributed by atoms with E-state index < -0.39 is 0 Å². The highest BCUT2D eigenvalue weighted by Crippen LogP contribution is 2.13. The zero-order valence-corrected chi connectivity index (χ0v) is 10.8. The molecule has 0 spiro atoms. The van der Waals surface area contributed by atoms with Gasteiger partial charge in [-0.3, -0.25) is 4.79 Å². The predicted octanol–water partition coefficient (Wildman–Crippen LogP) is 2.34. The molecule has 1 fully saturated rings. The van der Waals surface area contributed by atoms with Crippen LogP contribution in [0, 0.1) is 0 Å². The molecule has 1 heterocycles. The number of carbonyl (C=O) groups excluding carboxylic acids is 1. The lowest BCUT2D eigenvalue weighted by Gasteiger charge is -2.28. The van der Waals surface area contributed by atoms with E-state index in [4.69, 9.17) is 11.6 Å². The Morgan fingerprint density at radius 3 is 2.78 bits per heavy atom. The van der Waals surface area contributed by atoms with Crippen molar-refractivity contribution in [2.75, 3.05) is 13.1 Å². The van der Waals surface area contributed by atoms with Crippen LogP contribution in [0.2, 0.25) is 5.02 Å². The van der Waals surface area contributed by atoms with Gasteiger partial charge in [0.15, 0.2) is 0 Å². The summed E-state index contributed by atoms with van der Waals surface area (Å²) in [5.74, 6) is -0.0122. The first-order valence-electron chi connectivity index (χ1n) is 6.06. The zero-order valence-electron chi connectivity index (χ0n) is 10.1. The minimum absolute atomic E-state index is 0.0122. The fraction of sp³-hybridized carbons (Fsp3) is 0.357. The number of aliphatic hydroxyl groups is 1. The fourth-order valence-electron chi connectivity index (χ4n) is 1.97. The number of hydrogen-bond acceptors (Lipinski definition) is 2. The maximum Gasteiger partial charge on any atom is 0.246 e. The Balaban J connectivity index is 1.94. The molecule has 0 radical (unpaired) electrons. The first kappa shape index (κ1) is 13.1. The SMILES string of the molecule is O=C(/C=C/c1cccc(Cl)c1)N1CCC(O)CC1. The van der Waals surface area contributed by atoms with E-state index in [0.717, 1.165) is 5.56 Å². The number of amides is 1. The minimum atomic E-state index is -0.258. The van der Waals surface area contributed by atoms with Gasteiger partial charge in [-0.1, -0.05) is 23.7 Å². The number of halogens is 1. The average molecular weight is 266 g/mol. The molecule has 4 heteroatoms. The summed E-state index contributed by atoms with van der Waals surface area (Å²) in [7, 11) is 0. The van der Waals surface area contributed by atoms with Crippen molar-refractivity contribution < 1.29 is 9.90 Å². The van der Waals surface area contributed by atoms with E-state index in [0.29, 0.717) is 31.0 Å². The molecule has 0 aromatic heterocycles. The first-order valence-corrected chi connectivity index (χ1v) is 6.43. The standard InChI is InChI=1S/C14H16ClNO2/c15-12-3-1-2-11(10-12)4-5-14(18)16-8-6-13(17)7-9-16/h1-5,10,13,17H,6-9H2/b5-4+. The molecule has 3 nitrogen and oxygen atoms in total. The largest absolute Gasteiger partial charge is 0.393 e. The lowest BCUT2D eigenvalue weighted by molar-refractivity contribution is -0.127. The second-order valence-electron chi connectivity index (χ2n) is 4.44. The Hall–Kier alpha value is -1.32. The Kier molecular flexibility index (Phi) is 4.39. The van der Waals surface area contributed by atoms with Gasteiger partial charge in [0.25, 0.3) is 0 Å². The van der Waals surface area contributed by atoms with Gasteiger partial charge < -0.3 is 10.0 Å². The molecule has 1 aromatic carbocycles. The van der Waals surface area contributed by atoms with Gasteiger partial charge in [-0.05, 0) is 36.6 Å². The Morgan fingerprint density at radius 2 is 2.11 bits per heavy atom. The number of hydrogen-bond donors (Lipinski definition) is 1. The molecule has 18 heavy (non-hydrogen) atoms. The molecule has 1 N–H and O–H groups in total. The molecule has 96 valence electrons. The lowest BCUT2D eigenvalue weighted by atomic mass is 10.1. The van der Waals surface area contributed by atoms with Crippen molar-refractivity contribution in [3.8, 4) is 0 Å². The number of aliphatic hydroxyl groups excluding tert-OH is 1. The van der Waals surface area contributed by atoms with Crippen LogP contribution in [0.5, 0.6) is 0 Å². The molecule has 1 aliphatic rings. The Bertz CT molecular complexity index is 451. The number of piperidine rings is 1. The highest BCUT2D eigenvalue weighted by molar-refractivity contribution is 6.30. The minimum Gasteiger partial charge on any atom is -0.393 e. The second kappa shape index (κ2) is 6.03. The molecule has 1 saturated heterocycles. The van der Waals surface area contributed by atoms with Crippen molar-refractivity contribution in [2.24, 2.45) is 0 Å². The maximum absolute atomic E-state index is 11.9. The third-order valence-electron chi connectivity index (χ3n) is 3.04. The van der Waals surface area contributed by atoms with Crippen molar-refractivity contribution in [2.45, 2.75) is 18.9 Å². The van der Waals surface area contributed by atoms with Gasteiger partial charge in [0.2, 0.25) is 5.91 Å². The molecule has 0 atom stereocenters. The smallest absolute Gasteiger partial charge is 0.246 e. The normalized spacial score (nSPS) is 17.3. The number of rotatable bonds is 2. The summed E-state index contributed by atoms with van der Waals surface area (Å²) in [6.07, 6.45) is 4.39. The van der Waals surface area contributed by atoms with Gasteiger partial charge in [-0.25, -0.2) is 0 Å². The number of benzene rings is 1. The van der Waals surface area contributed by atoms with Crippen LogP contribution in [0.3, 0.4) is 0 Å². The summed E-state index contributed by atoms with van der Waals surface area (Å²) >= 11 is 5.87. The van der Waals surface area contributed by atoms with E-state index >= 15 is 0 Å². The summed E-state index contributed by atoms with van der Waals surface area (Å²) in [6, 6.07) is 7.36. The quantitative estimate of drug-likeness (QED) is 0.834. The molecule has 1 aliphatic heterocycles. The highest BCUT2D eigenvalue weighted by atomic mass is 35.5. The van der Waals surface area contributed by atoms with Crippen LogP contribution in [0.1, 0.15) is 18.4 Å². The molecule has 0 saturated carbocycles. The molecule has 0 unspecified atom stereocenters. The van der Waals surface area contributed by atoms with E-state index in [9.17, 15) is 9.90 Å². The molecule has 2 rings (SSSR count). The van der Waals surface area contributed by atoms with Gasteiger partial charge in [0.05, 0.1) is 6.10 Å². The van der Waals surface area contributed by atoms with E-state index in [1.165, 1.54) is 0 Å². The van der Waals surface area contributed by atoms with Crippen LogP contribution in [0.15, 0.2) is 30.3 Å². The third-order valence-corrected chi connectivity index (χ3v) is 3.28. The third kappa shape index (κ3) is 3.59. The summed E-state index contributed by atoms with van der Waals surface area (Å²) in [5.41, 5.74) is 0.910. The monoisotopic (exact) mass is 265 g/mol. The maximum atomic E-state index is 11.9. The number of nitrogens with zero attached hydrogens (tertiary/aromatic N) is 1. The van der Waals surface area contributed by atoms with Crippen molar-refractivity contribution in [3.63, 3.8) is 0 Å². The van der Waals surface area contributed by atoms with E-state index in [1.54, 1.807) is 23.1 Å². The summed E-state index contributed by atoms with van der Waals surface area (Å²) in [6.45, 7) is 1.25. The van der Waals surface area contributed by atoms with Crippen LogP contribution < -0.4 is 0 Å². The zero-order chi connectivity index (χ0) is 13.0. The number of likely N-dealkylation sites (tertiary alicyclic amines) is 1. The van der Waals surface area contributed by atoms with Crippen molar-refractivity contribution in [1.82, 2.24) is 4.90 Å². The first-order chi connectivity index (χ1) is 8.65. The highest BCUT2D eigenvalue weighted by Gasteiger charge is 2.19. The van der Waals surface area contributed by atoms with E-state index in [1.807, 2.05) is 18.2 Å². The summed E-state index contributed by atoms with van der Waals surface area (Å²) in [4.78, 5) is 13.6. The predicted molar refractivity (Wildman–Crippen MR) is 72.3 cm³/mol. The molecule has 1 aromatic rings. The topological polar surface area (TPSA) is 40.5 Å². The Morgan fingerprint density at radius 1 is 1.39 bits per heavy atom. The van der Waals surface area contributed by atoms with Gasteiger partial charge in [-0.2, -0.15) is 0 Å². The van der Waals surface area contributed by atoms with Crippen molar-refractivity contribution >= 4 is 23.6 Å².